The van der Waals surface area contributed by atoms with Gasteiger partial charge in [0, 0.05) is 50.6 Å². The summed E-state index contributed by atoms with van der Waals surface area (Å²) in [7, 11) is 0. The van der Waals surface area contributed by atoms with Gasteiger partial charge in [0.05, 0.1) is 17.8 Å². The largest absolute Gasteiger partial charge is 0.355 e. The Bertz CT molecular complexity index is 1000. The zero-order chi connectivity index (χ0) is 21.5. The summed E-state index contributed by atoms with van der Waals surface area (Å²) in [4.78, 5) is 31.0. The van der Waals surface area contributed by atoms with Gasteiger partial charge in [-0.3, -0.25) is 14.6 Å². The zero-order valence-corrected chi connectivity index (χ0v) is 17.5. The fourth-order valence-electron chi connectivity index (χ4n) is 3.83. The van der Waals surface area contributed by atoms with Crippen LogP contribution in [0.2, 0.25) is 0 Å². The summed E-state index contributed by atoms with van der Waals surface area (Å²) in [6.07, 6.45) is 8.02. The number of benzene rings is 1. The van der Waals surface area contributed by atoms with Crippen LogP contribution in [0.25, 0.3) is 5.69 Å². The third-order valence-electron chi connectivity index (χ3n) is 5.60. The molecule has 1 unspecified atom stereocenters. The first-order valence-electron chi connectivity index (χ1n) is 10.7. The van der Waals surface area contributed by atoms with E-state index >= 15 is 0 Å². The Kier molecular flexibility index (Phi) is 6.72. The molecule has 0 radical (unpaired) electrons. The highest BCUT2D eigenvalue weighted by molar-refractivity contribution is 5.83. The highest BCUT2D eigenvalue weighted by atomic mass is 16.2. The van der Waals surface area contributed by atoms with Gasteiger partial charge in [0.1, 0.15) is 0 Å². The van der Waals surface area contributed by atoms with Gasteiger partial charge >= 0.3 is 0 Å². The number of nitrogens with zero attached hydrogens (tertiary/aromatic N) is 4. The van der Waals surface area contributed by atoms with Crippen molar-refractivity contribution < 1.29 is 9.59 Å². The topological polar surface area (TPSA) is 80.1 Å². The number of rotatable bonds is 8. The number of piperidine rings is 1. The molecule has 2 aromatic heterocycles. The van der Waals surface area contributed by atoms with Gasteiger partial charge in [-0.15, -0.1) is 0 Å². The molecular formula is C24H27N5O2. The molecular weight excluding hydrogens is 390 g/mol. The molecule has 160 valence electrons. The maximum atomic E-state index is 12.7. The molecule has 3 heterocycles. The second kappa shape index (κ2) is 10.0. The molecule has 1 fully saturated rings. The Morgan fingerprint density at radius 2 is 1.94 bits per heavy atom. The fourth-order valence-corrected chi connectivity index (χ4v) is 3.83. The molecule has 1 aromatic carbocycles. The lowest BCUT2D eigenvalue weighted by atomic mass is 9.96. The average molecular weight is 418 g/mol. The van der Waals surface area contributed by atoms with E-state index in [1.54, 1.807) is 11.1 Å². The molecule has 1 aliphatic rings. The third kappa shape index (κ3) is 5.57. The highest BCUT2D eigenvalue weighted by Gasteiger charge is 2.29. The van der Waals surface area contributed by atoms with E-state index in [0.29, 0.717) is 45.3 Å². The number of nitrogens with one attached hydrogen (secondary N) is 1. The maximum absolute atomic E-state index is 12.7. The Labute approximate surface area is 182 Å². The predicted octanol–water partition coefficient (Wildman–Crippen LogP) is 2.41. The van der Waals surface area contributed by atoms with Crippen LogP contribution in [0.5, 0.6) is 0 Å². The minimum absolute atomic E-state index is 0.0192. The summed E-state index contributed by atoms with van der Waals surface area (Å²) < 4.78 is 1.84. The number of para-hydroxylation sites is 1. The molecule has 0 spiro atoms. The van der Waals surface area contributed by atoms with Crippen LogP contribution in [-0.2, 0) is 22.4 Å². The van der Waals surface area contributed by atoms with Gasteiger partial charge in [0.15, 0.2) is 0 Å². The molecule has 4 rings (SSSR count). The summed E-state index contributed by atoms with van der Waals surface area (Å²) in [5, 5.41) is 7.43. The van der Waals surface area contributed by atoms with E-state index < -0.39 is 0 Å². The van der Waals surface area contributed by atoms with Crippen molar-refractivity contribution in [2.45, 2.75) is 25.7 Å². The van der Waals surface area contributed by atoms with Crippen molar-refractivity contribution in [2.75, 3.05) is 19.6 Å². The lowest BCUT2D eigenvalue weighted by Gasteiger charge is -2.32. The molecule has 1 N–H and O–H groups in total. The van der Waals surface area contributed by atoms with E-state index in [1.807, 2.05) is 65.6 Å². The van der Waals surface area contributed by atoms with Crippen LogP contribution in [0.1, 0.15) is 24.1 Å². The molecule has 3 aromatic rings. The Hall–Kier alpha value is -3.48. The summed E-state index contributed by atoms with van der Waals surface area (Å²) in [5.74, 6) is -0.0208. The SMILES string of the molecule is O=C(NCCc1cnn(-c2ccccc2)c1)C1CCC(=O)N(CCc2ccccn2)C1. The molecule has 1 saturated heterocycles. The van der Waals surface area contributed by atoms with Gasteiger partial charge in [-0.2, -0.15) is 5.10 Å². The Morgan fingerprint density at radius 3 is 2.74 bits per heavy atom. The monoisotopic (exact) mass is 417 g/mol. The maximum Gasteiger partial charge on any atom is 0.224 e. The summed E-state index contributed by atoms with van der Waals surface area (Å²) in [5.41, 5.74) is 3.04. The van der Waals surface area contributed by atoms with Crippen LogP contribution in [0.15, 0.2) is 67.1 Å². The van der Waals surface area contributed by atoms with Crippen molar-refractivity contribution >= 4 is 11.8 Å². The fraction of sp³-hybridized carbons (Fsp3) is 0.333. The van der Waals surface area contributed by atoms with Crippen LogP contribution < -0.4 is 5.32 Å². The van der Waals surface area contributed by atoms with E-state index in [9.17, 15) is 9.59 Å². The quantitative estimate of drug-likeness (QED) is 0.610. The molecule has 1 atom stereocenters. The van der Waals surface area contributed by atoms with E-state index in [1.165, 1.54) is 0 Å². The number of carbonyl (C=O) groups excluding carboxylic acids is 2. The number of carbonyl (C=O) groups is 2. The van der Waals surface area contributed by atoms with Crippen molar-refractivity contribution in [2.24, 2.45) is 5.92 Å². The number of aromatic nitrogens is 3. The van der Waals surface area contributed by atoms with Crippen LogP contribution in [0.3, 0.4) is 0 Å². The van der Waals surface area contributed by atoms with Crippen LogP contribution in [-0.4, -0.2) is 51.1 Å². The average Bonchev–Trinajstić information content (AvgIpc) is 3.29. The molecule has 2 amide bonds. The Balaban J connectivity index is 1.24. The Morgan fingerprint density at radius 1 is 1.10 bits per heavy atom. The van der Waals surface area contributed by atoms with Crippen molar-refractivity contribution in [3.8, 4) is 5.69 Å². The standard InChI is InChI=1S/C24H27N5O2/c30-23-10-9-20(18-28(23)15-12-21-6-4-5-13-25-21)24(31)26-14-11-19-16-27-29(17-19)22-7-2-1-3-8-22/h1-8,13,16-17,20H,9-12,14-15,18H2,(H,26,31). The van der Waals surface area contributed by atoms with Gasteiger partial charge in [0.2, 0.25) is 11.8 Å². The van der Waals surface area contributed by atoms with E-state index in [4.69, 9.17) is 0 Å². The number of hydrogen-bond acceptors (Lipinski definition) is 4. The summed E-state index contributed by atoms with van der Waals surface area (Å²) in [6.45, 7) is 1.62. The lowest BCUT2D eigenvalue weighted by Crippen LogP contribution is -2.46. The molecule has 7 heteroatoms. The smallest absolute Gasteiger partial charge is 0.224 e. The molecule has 31 heavy (non-hydrogen) atoms. The molecule has 0 bridgehead atoms. The van der Waals surface area contributed by atoms with Crippen LogP contribution in [0.4, 0.5) is 0 Å². The van der Waals surface area contributed by atoms with Crippen LogP contribution >= 0.6 is 0 Å². The number of amides is 2. The predicted molar refractivity (Wildman–Crippen MR) is 118 cm³/mol. The van der Waals surface area contributed by atoms with Gasteiger partial charge in [-0.1, -0.05) is 24.3 Å². The molecule has 0 aliphatic carbocycles. The van der Waals surface area contributed by atoms with Crippen LogP contribution in [0, 0.1) is 5.92 Å². The van der Waals surface area contributed by atoms with Crippen molar-refractivity contribution in [3.05, 3.63) is 78.4 Å². The van der Waals surface area contributed by atoms with Gasteiger partial charge in [0.25, 0.3) is 0 Å². The summed E-state index contributed by atoms with van der Waals surface area (Å²) >= 11 is 0. The lowest BCUT2D eigenvalue weighted by molar-refractivity contribution is -0.138. The highest BCUT2D eigenvalue weighted by Crippen LogP contribution is 2.18. The minimum Gasteiger partial charge on any atom is -0.355 e. The zero-order valence-electron chi connectivity index (χ0n) is 17.5. The summed E-state index contributed by atoms with van der Waals surface area (Å²) in [6, 6.07) is 15.7. The van der Waals surface area contributed by atoms with E-state index in [0.717, 1.165) is 16.9 Å². The van der Waals surface area contributed by atoms with Gasteiger partial charge < -0.3 is 10.2 Å². The number of pyridine rings is 1. The normalized spacial score (nSPS) is 16.3. The second-order valence-corrected chi connectivity index (χ2v) is 7.82. The molecule has 0 saturated carbocycles. The first-order chi connectivity index (χ1) is 15.2. The second-order valence-electron chi connectivity index (χ2n) is 7.82. The first-order valence-corrected chi connectivity index (χ1v) is 10.7. The molecule has 7 nitrogen and oxygen atoms in total. The van der Waals surface area contributed by atoms with Gasteiger partial charge in [-0.25, -0.2) is 4.68 Å². The van der Waals surface area contributed by atoms with E-state index in [2.05, 4.69) is 15.4 Å². The van der Waals surface area contributed by atoms with Crippen molar-refractivity contribution in [1.82, 2.24) is 25.0 Å². The van der Waals surface area contributed by atoms with Crippen molar-refractivity contribution in [1.29, 1.82) is 0 Å². The van der Waals surface area contributed by atoms with Gasteiger partial charge in [-0.05, 0) is 42.7 Å². The number of likely N-dealkylation sites (tertiary alicyclic amines) is 1. The minimum atomic E-state index is -0.159. The van der Waals surface area contributed by atoms with E-state index in [-0.39, 0.29) is 17.7 Å². The first kappa shape index (κ1) is 20.8. The third-order valence-corrected chi connectivity index (χ3v) is 5.60. The number of hydrogen-bond donors (Lipinski definition) is 1. The molecule has 1 aliphatic heterocycles. The van der Waals surface area contributed by atoms with Crippen molar-refractivity contribution in [3.63, 3.8) is 0 Å².